The van der Waals surface area contributed by atoms with Crippen LogP contribution in [-0.4, -0.2) is 44.9 Å². The van der Waals surface area contributed by atoms with Crippen LogP contribution in [-0.2, 0) is 10.8 Å². The van der Waals surface area contributed by atoms with Gasteiger partial charge in [0.05, 0.1) is 0 Å². The highest BCUT2D eigenvalue weighted by atomic mass is 15.1. The summed E-state index contributed by atoms with van der Waals surface area (Å²) in [5.74, 6) is 5.53. The molecule has 9 heteroatoms. The van der Waals surface area contributed by atoms with Gasteiger partial charge in [-0.2, -0.15) is 0 Å². The second kappa shape index (κ2) is 15.4. The van der Waals surface area contributed by atoms with E-state index >= 15 is 0 Å². The molecule has 9 rings (SSSR count). The number of nitrogens with zero attached hydrogens (tertiary/aromatic N) is 9. The lowest BCUT2D eigenvalue weighted by molar-refractivity contribution is 0.543. The van der Waals surface area contributed by atoms with E-state index in [1.807, 2.05) is 127 Å². The fourth-order valence-electron chi connectivity index (χ4n) is 6.85. The van der Waals surface area contributed by atoms with E-state index in [0.29, 0.717) is 46.6 Å². The van der Waals surface area contributed by atoms with Gasteiger partial charge in [0.1, 0.15) is 11.6 Å². The van der Waals surface area contributed by atoms with Crippen LogP contribution in [0.1, 0.15) is 53.2 Å². The first-order chi connectivity index (χ1) is 29.0. The minimum atomic E-state index is -0.313. The molecule has 9 aromatic rings. The molecule has 0 bridgehead atoms. The molecule has 0 atom stereocenters. The Morgan fingerprint density at radius 1 is 0.283 bits per heavy atom. The van der Waals surface area contributed by atoms with E-state index < -0.39 is 0 Å². The molecule has 0 radical (unpaired) electrons. The molecule has 0 N–H and O–H groups in total. The topological polar surface area (TPSA) is 116 Å². The number of hydrogen-bond acceptors (Lipinski definition) is 9. The van der Waals surface area contributed by atoms with Crippen LogP contribution in [0.2, 0.25) is 0 Å². The number of benzene rings is 6. The van der Waals surface area contributed by atoms with E-state index in [1.54, 1.807) is 0 Å². The summed E-state index contributed by atoms with van der Waals surface area (Å²) in [5, 5.41) is 2.01. The van der Waals surface area contributed by atoms with Crippen LogP contribution in [0.5, 0.6) is 0 Å². The maximum absolute atomic E-state index is 5.19. The van der Waals surface area contributed by atoms with Crippen molar-refractivity contribution in [1.29, 1.82) is 0 Å². The lowest BCUT2D eigenvalue weighted by Crippen LogP contribution is -2.18. The van der Waals surface area contributed by atoms with Crippen LogP contribution in [0.15, 0.2) is 152 Å². The van der Waals surface area contributed by atoms with Gasteiger partial charge in [-0.25, -0.2) is 44.9 Å². The number of hydrogen-bond donors (Lipinski definition) is 0. The third-order valence-electron chi connectivity index (χ3n) is 10.1. The molecule has 0 aliphatic rings. The van der Waals surface area contributed by atoms with E-state index in [1.165, 1.54) is 0 Å². The molecule has 3 heterocycles. The second-order valence-electron chi connectivity index (χ2n) is 16.8. The Kier molecular flexibility index (Phi) is 9.80. The van der Waals surface area contributed by atoms with Gasteiger partial charge in [0, 0.05) is 49.8 Å². The zero-order chi connectivity index (χ0) is 41.4. The fourth-order valence-corrected chi connectivity index (χ4v) is 6.85. The van der Waals surface area contributed by atoms with Crippen LogP contribution in [0.3, 0.4) is 0 Å². The van der Waals surface area contributed by atoms with Gasteiger partial charge in [-0.3, -0.25) is 0 Å². The van der Waals surface area contributed by atoms with Crippen molar-refractivity contribution < 1.29 is 0 Å². The highest BCUT2D eigenvalue weighted by Crippen LogP contribution is 2.35. The number of fused-ring (bicyclic) bond motifs is 1. The SMILES string of the molecule is CC(C)(C)c1nc(-c2ccccc2)nc(-c2ccc(-c3nc(-c4ccccc4)nc(-c4cc(-c5nc(-c6ccccc6)nc(C(C)(C)C)n5)cc5ccccc45)n3)cc2)n1. The molecule has 0 saturated heterocycles. The summed E-state index contributed by atoms with van der Waals surface area (Å²) in [4.78, 5) is 45.1. The van der Waals surface area contributed by atoms with Crippen LogP contribution in [0.25, 0.3) is 90.5 Å². The van der Waals surface area contributed by atoms with Crippen molar-refractivity contribution in [3.8, 4) is 79.7 Å². The van der Waals surface area contributed by atoms with Gasteiger partial charge >= 0.3 is 0 Å². The molecular formula is C51H43N9. The molecule has 0 aliphatic carbocycles. The maximum Gasteiger partial charge on any atom is 0.164 e. The van der Waals surface area contributed by atoms with Crippen molar-refractivity contribution >= 4 is 10.8 Å². The van der Waals surface area contributed by atoms with Gasteiger partial charge in [0.2, 0.25) is 0 Å². The summed E-state index contributed by atoms with van der Waals surface area (Å²) in [5.41, 5.74) is 5.52. The average Bonchev–Trinajstić information content (AvgIpc) is 3.28. The van der Waals surface area contributed by atoms with Crippen molar-refractivity contribution in [2.24, 2.45) is 0 Å². The summed E-state index contributed by atoms with van der Waals surface area (Å²) >= 11 is 0. The van der Waals surface area contributed by atoms with Gasteiger partial charge in [-0.1, -0.05) is 181 Å². The maximum atomic E-state index is 5.19. The molecule has 0 spiro atoms. The Bertz CT molecular complexity index is 2970. The predicted molar refractivity (Wildman–Crippen MR) is 240 cm³/mol. The zero-order valence-electron chi connectivity index (χ0n) is 34.5. The predicted octanol–water partition coefficient (Wildman–Crippen LogP) is 11.7. The number of aromatic nitrogens is 9. The summed E-state index contributed by atoms with van der Waals surface area (Å²) in [6.07, 6.45) is 0. The molecule has 0 saturated carbocycles. The largest absolute Gasteiger partial charge is 0.212 e. The van der Waals surface area contributed by atoms with Crippen LogP contribution in [0.4, 0.5) is 0 Å². The van der Waals surface area contributed by atoms with E-state index in [4.69, 9.17) is 44.9 Å². The van der Waals surface area contributed by atoms with Crippen molar-refractivity contribution in [2.75, 3.05) is 0 Å². The highest BCUT2D eigenvalue weighted by molar-refractivity contribution is 5.98. The van der Waals surface area contributed by atoms with Crippen molar-refractivity contribution in [3.05, 3.63) is 163 Å². The van der Waals surface area contributed by atoms with Gasteiger partial charge < -0.3 is 0 Å². The Labute approximate surface area is 349 Å². The molecule has 3 aromatic heterocycles. The standard InChI is InChI=1S/C51H43N9/c1-50(2,3)48-57-43(33-20-12-8-13-21-33)53-45(59-48)36-28-26-35(27-29-36)42-52-41(32-18-10-7-11-19-32)55-47(56-42)40-31-38(30-37-24-16-17-25-39(37)40)46-54-44(34-22-14-9-15-23-34)58-49(60-46)51(4,5)6/h7-31H,1-6H3. The Morgan fingerprint density at radius 3 is 1.00 bits per heavy atom. The summed E-state index contributed by atoms with van der Waals surface area (Å²) < 4.78 is 0. The second-order valence-corrected chi connectivity index (χ2v) is 16.8. The molecule has 9 nitrogen and oxygen atoms in total. The molecule has 0 amide bonds. The first-order valence-electron chi connectivity index (χ1n) is 20.1. The van der Waals surface area contributed by atoms with Gasteiger partial charge in [0.25, 0.3) is 0 Å². The third kappa shape index (κ3) is 7.89. The smallest absolute Gasteiger partial charge is 0.164 e. The van der Waals surface area contributed by atoms with Gasteiger partial charge in [-0.15, -0.1) is 0 Å². The van der Waals surface area contributed by atoms with E-state index in [9.17, 15) is 0 Å². The number of rotatable bonds is 7. The molecule has 6 aromatic carbocycles. The minimum Gasteiger partial charge on any atom is -0.212 e. The molecule has 292 valence electrons. The van der Waals surface area contributed by atoms with E-state index in [2.05, 4.69) is 65.8 Å². The molecule has 0 fully saturated rings. The van der Waals surface area contributed by atoms with Crippen LogP contribution >= 0.6 is 0 Å². The van der Waals surface area contributed by atoms with Crippen LogP contribution < -0.4 is 0 Å². The Morgan fingerprint density at radius 2 is 0.600 bits per heavy atom. The summed E-state index contributed by atoms with van der Waals surface area (Å²) in [7, 11) is 0. The molecule has 0 unspecified atom stereocenters. The summed E-state index contributed by atoms with van der Waals surface area (Å²) in [6, 6.07) is 50.6. The fraction of sp³-hybridized carbons (Fsp3) is 0.157. The first-order valence-corrected chi connectivity index (χ1v) is 20.1. The normalized spacial score (nSPS) is 11.8. The monoisotopic (exact) mass is 781 g/mol. The van der Waals surface area contributed by atoms with Crippen molar-refractivity contribution in [3.63, 3.8) is 0 Å². The molecule has 60 heavy (non-hydrogen) atoms. The van der Waals surface area contributed by atoms with Crippen molar-refractivity contribution in [1.82, 2.24) is 44.9 Å². The summed E-state index contributed by atoms with van der Waals surface area (Å²) in [6.45, 7) is 12.7. The zero-order valence-corrected chi connectivity index (χ0v) is 34.5. The lowest BCUT2D eigenvalue weighted by Gasteiger charge is -2.18. The Hall–Kier alpha value is -7.39. The average molecular weight is 782 g/mol. The van der Waals surface area contributed by atoms with Gasteiger partial charge in [-0.05, 0) is 22.9 Å². The molecule has 0 aliphatic heterocycles. The van der Waals surface area contributed by atoms with Crippen LogP contribution in [0, 0.1) is 0 Å². The third-order valence-corrected chi connectivity index (χ3v) is 10.1. The highest BCUT2D eigenvalue weighted by Gasteiger charge is 2.24. The van der Waals surface area contributed by atoms with Crippen molar-refractivity contribution in [2.45, 2.75) is 52.4 Å². The lowest BCUT2D eigenvalue weighted by atomic mass is 9.95. The van der Waals surface area contributed by atoms with Gasteiger partial charge in [0.15, 0.2) is 40.8 Å². The Balaban J connectivity index is 1.19. The quantitative estimate of drug-likeness (QED) is 0.156. The van der Waals surface area contributed by atoms with E-state index in [-0.39, 0.29) is 10.8 Å². The first kappa shape index (κ1) is 38.1. The minimum absolute atomic E-state index is 0.277. The van der Waals surface area contributed by atoms with E-state index in [0.717, 1.165) is 55.5 Å². The molecular weight excluding hydrogens is 739 g/mol.